The number of ether oxygens (including phenoxy) is 1. The number of hydrogen-bond acceptors (Lipinski definition) is 4. The Balaban J connectivity index is 1.55. The molecule has 0 spiro atoms. The predicted molar refractivity (Wildman–Crippen MR) is 143 cm³/mol. The van der Waals surface area contributed by atoms with E-state index in [0.29, 0.717) is 22.6 Å². The van der Waals surface area contributed by atoms with Gasteiger partial charge in [0.15, 0.2) is 0 Å². The van der Waals surface area contributed by atoms with E-state index in [1.807, 2.05) is 55.5 Å². The van der Waals surface area contributed by atoms with Gasteiger partial charge in [0.05, 0.1) is 28.9 Å². The van der Waals surface area contributed by atoms with Crippen molar-refractivity contribution in [2.75, 3.05) is 11.8 Å². The lowest BCUT2D eigenvalue weighted by Gasteiger charge is -2.13. The molecule has 1 aromatic heterocycles. The molecule has 5 aromatic rings. The number of benzene rings is 4. The van der Waals surface area contributed by atoms with E-state index in [-0.39, 0.29) is 4.90 Å². The second-order valence-electron chi connectivity index (χ2n) is 8.30. The summed E-state index contributed by atoms with van der Waals surface area (Å²) in [6, 6.07) is 28.4. The van der Waals surface area contributed by atoms with Crippen LogP contribution in [0.5, 0.6) is 5.75 Å². The summed E-state index contributed by atoms with van der Waals surface area (Å²) >= 11 is 0. The van der Waals surface area contributed by atoms with E-state index in [0.717, 1.165) is 21.9 Å². The number of methoxy groups -OCH3 is 1. The van der Waals surface area contributed by atoms with Crippen molar-refractivity contribution in [3.05, 3.63) is 108 Å². The lowest BCUT2D eigenvalue weighted by atomic mass is 10.0. The van der Waals surface area contributed by atoms with Crippen LogP contribution in [0.15, 0.2) is 95.9 Å². The first-order valence-electron chi connectivity index (χ1n) is 11.2. The number of rotatable bonds is 6. The van der Waals surface area contributed by atoms with Gasteiger partial charge in [0.1, 0.15) is 5.75 Å². The molecular formula is C29H24N2O3S. The molecule has 0 aliphatic heterocycles. The molecule has 0 unspecified atom stereocenters. The van der Waals surface area contributed by atoms with Crippen LogP contribution in [0, 0.1) is 6.92 Å². The minimum absolute atomic E-state index is 0.186. The Morgan fingerprint density at radius 1 is 0.829 bits per heavy atom. The molecule has 174 valence electrons. The molecule has 1 N–H and O–H groups in total. The Kier molecular flexibility index (Phi) is 5.97. The molecule has 6 heteroatoms. The van der Waals surface area contributed by atoms with E-state index in [2.05, 4.69) is 29.0 Å². The maximum absolute atomic E-state index is 13.1. The van der Waals surface area contributed by atoms with Gasteiger partial charge in [-0.2, -0.15) is 0 Å². The summed E-state index contributed by atoms with van der Waals surface area (Å²) in [5.74, 6) is 0.542. The monoisotopic (exact) mass is 480 g/mol. The van der Waals surface area contributed by atoms with Gasteiger partial charge in [0, 0.05) is 11.5 Å². The number of hydrogen-bond donors (Lipinski definition) is 1. The van der Waals surface area contributed by atoms with Gasteiger partial charge in [-0.15, -0.1) is 0 Å². The van der Waals surface area contributed by atoms with Crippen LogP contribution in [0.25, 0.3) is 33.8 Å². The highest BCUT2D eigenvalue weighted by Crippen LogP contribution is 2.31. The van der Waals surface area contributed by atoms with Crippen LogP contribution in [-0.2, 0) is 10.0 Å². The molecule has 4 aromatic carbocycles. The van der Waals surface area contributed by atoms with Gasteiger partial charge in [0.25, 0.3) is 10.0 Å². The van der Waals surface area contributed by atoms with Gasteiger partial charge >= 0.3 is 0 Å². The average Bonchev–Trinajstić information content (AvgIpc) is 2.87. The summed E-state index contributed by atoms with van der Waals surface area (Å²) in [6.07, 6.45) is 3.96. The van der Waals surface area contributed by atoms with Crippen molar-refractivity contribution in [1.82, 2.24) is 4.98 Å². The molecule has 0 amide bonds. The molecule has 0 aliphatic rings. The Labute approximate surface area is 204 Å². The van der Waals surface area contributed by atoms with Gasteiger partial charge < -0.3 is 4.74 Å². The normalized spacial score (nSPS) is 11.8. The molecule has 0 bridgehead atoms. The molecule has 35 heavy (non-hydrogen) atoms. The summed E-state index contributed by atoms with van der Waals surface area (Å²) in [4.78, 5) is 4.95. The van der Waals surface area contributed by atoms with Gasteiger partial charge in [-0.25, -0.2) is 13.4 Å². The van der Waals surface area contributed by atoms with E-state index in [4.69, 9.17) is 9.72 Å². The third-order valence-electron chi connectivity index (χ3n) is 5.86. The molecule has 5 rings (SSSR count). The highest BCUT2D eigenvalue weighted by atomic mass is 32.2. The van der Waals surface area contributed by atoms with Crippen molar-refractivity contribution in [3.8, 4) is 5.75 Å². The lowest BCUT2D eigenvalue weighted by Crippen LogP contribution is -2.13. The highest BCUT2D eigenvalue weighted by Gasteiger charge is 2.17. The zero-order valence-corrected chi connectivity index (χ0v) is 20.2. The minimum Gasteiger partial charge on any atom is -0.497 e. The SMILES string of the molecule is COc1cc(NS(=O)(=O)c2ccc(C)cc2)c2nc(/C=C/c3cccc4ccccc34)ccc2c1. The lowest BCUT2D eigenvalue weighted by molar-refractivity contribution is 0.415. The summed E-state index contributed by atoms with van der Waals surface area (Å²) < 4.78 is 34.3. The van der Waals surface area contributed by atoms with Gasteiger partial charge in [-0.1, -0.05) is 72.3 Å². The maximum atomic E-state index is 13.1. The Morgan fingerprint density at radius 2 is 1.60 bits per heavy atom. The molecule has 5 nitrogen and oxygen atoms in total. The first-order valence-corrected chi connectivity index (χ1v) is 12.7. The Hall–Kier alpha value is -4.16. The molecule has 0 atom stereocenters. The number of nitrogens with zero attached hydrogens (tertiary/aromatic N) is 1. The van der Waals surface area contributed by atoms with Crippen LogP contribution >= 0.6 is 0 Å². The van der Waals surface area contributed by atoms with Crippen molar-refractivity contribution >= 4 is 49.5 Å². The maximum Gasteiger partial charge on any atom is 0.261 e. The fraction of sp³-hybridized carbons (Fsp3) is 0.0690. The fourth-order valence-corrected chi connectivity index (χ4v) is 5.06. The molecular weight excluding hydrogens is 456 g/mol. The molecule has 0 saturated carbocycles. The van der Waals surface area contributed by atoms with E-state index >= 15 is 0 Å². The third kappa shape index (κ3) is 4.74. The largest absolute Gasteiger partial charge is 0.497 e. The minimum atomic E-state index is -3.80. The molecule has 0 saturated heterocycles. The number of nitrogens with one attached hydrogen (secondary N) is 1. The standard InChI is InChI=1S/C29H24N2O3S/c1-20-10-16-26(17-11-20)35(32,33)31-28-19-25(34-2)18-23-13-15-24(30-29(23)28)14-12-22-8-5-7-21-6-3-4-9-27(21)22/h3-19,31H,1-2H3/b14-12+. The smallest absolute Gasteiger partial charge is 0.261 e. The van der Waals surface area contributed by atoms with Crippen LogP contribution in [0.3, 0.4) is 0 Å². The van der Waals surface area contributed by atoms with Crippen molar-refractivity contribution in [2.45, 2.75) is 11.8 Å². The van der Waals surface area contributed by atoms with Crippen molar-refractivity contribution in [3.63, 3.8) is 0 Å². The van der Waals surface area contributed by atoms with E-state index in [1.54, 1.807) is 37.4 Å². The number of anilines is 1. The van der Waals surface area contributed by atoms with E-state index in [9.17, 15) is 8.42 Å². The summed E-state index contributed by atoms with van der Waals surface area (Å²) in [5, 5.41) is 3.10. The molecule has 0 fully saturated rings. The van der Waals surface area contributed by atoms with Crippen molar-refractivity contribution < 1.29 is 13.2 Å². The number of aryl methyl sites for hydroxylation is 1. The topological polar surface area (TPSA) is 68.3 Å². The molecule has 0 radical (unpaired) electrons. The van der Waals surface area contributed by atoms with Gasteiger partial charge in [0.2, 0.25) is 0 Å². The molecule has 1 heterocycles. The summed E-state index contributed by atoms with van der Waals surface area (Å²) in [7, 11) is -2.25. The highest BCUT2D eigenvalue weighted by molar-refractivity contribution is 7.92. The Morgan fingerprint density at radius 3 is 2.40 bits per heavy atom. The number of fused-ring (bicyclic) bond motifs is 2. The van der Waals surface area contributed by atoms with Crippen LogP contribution in [0.1, 0.15) is 16.8 Å². The third-order valence-corrected chi connectivity index (χ3v) is 7.24. The zero-order valence-electron chi connectivity index (χ0n) is 19.4. The zero-order chi connectivity index (χ0) is 24.4. The van der Waals surface area contributed by atoms with Crippen LogP contribution in [0.2, 0.25) is 0 Å². The average molecular weight is 481 g/mol. The summed E-state index contributed by atoms with van der Waals surface area (Å²) in [5.41, 5.74) is 3.69. The first kappa shape index (κ1) is 22.6. The second kappa shape index (κ2) is 9.24. The van der Waals surface area contributed by atoms with Crippen molar-refractivity contribution in [2.24, 2.45) is 0 Å². The van der Waals surface area contributed by atoms with Gasteiger partial charge in [-0.05, 0) is 53.6 Å². The first-order chi connectivity index (χ1) is 16.9. The quantitative estimate of drug-likeness (QED) is 0.294. The predicted octanol–water partition coefficient (Wildman–Crippen LogP) is 6.68. The number of aromatic nitrogens is 1. The van der Waals surface area contributed by atoms with Crippen LogP contribution in [0.4, 0.5) is 5.69 Å². The van der Waals surface area contributed by atoms with Crippen molar-refractivity contribution in [1.29, 1.82) is 0 Å². The van der Waals surface area contributed by atoms with E-state index < -0.39 is 10.0 Å². The van der Waals surface area contributed by atoms with Gasteiger partial charge in [-0.3, -0.25) is 4.72 Å². The fourth-order valence-electron chi connectivity index (χ4n) is 4.00. The van der Waals surface area contributed by atoms with Crippen LogP contribution < -0.4 is 9.46 Å². The number of sulfonamides is 1. The second-order valence-corrected chi connectivity index (χ2v) is 9.99. The van der Waals surface area contributed by atoms with E-state index in [1.165, 1.54) is 5.39 Å². The Bertz CT molecular complexity index is 1670. The molecule has 0 aliphatic carbocycles. The van der Waals surface area contributed by atoms with Crippen LogP contribution in [-0.4, -0.2) is 20.5 Å². The number of pyridine rings is 1. The summed E-state index contributed by atoms with van der Waals surface area (Å²) in [6.45, 7) is 1.91.